The second-order valence-corrected chi connectivity index (χ2v) is 6.82. The summed E-state index contributed by atoms with van der Waals surface area (Å²) >= 11 is 3.39. The van der Waals surface area contributed by atoms with E-state index < -0.39 is 0 Å². The van der Waals surface area contributed by atoms with Gasteiger partial charge in [-0.2, -0.15) is 0 Å². The molecule has 1 heterocycles. The molecule has 0 spiro atoms. The first kappa shape index (κ1) is 19.9. The first-order chi connectivity index (χ1) is 10.4. The van der Waals surface area contributed by atoms with Crippen LogP contribution in [0.4, 0.5) is 5.69 Å². The molecule has 2 N–H and O–H groups in total. The van der Waals surface area contributed by atoms with Gasteiger partial charge in [-0.15, -0.1) is 12.4 Å². The molecule has 1 aliphatic rings. The highest BCUT2D eigenvalue weighted by atomic mass is 79.9. The van der Waals surface area contributed by atoms with E-state index >= 15 is 0 Å². The van der Waals surface area contributed by atoms with Gasteiger partial charge in [0, 0.05) is 23.1 Å². The van der Waals surface area contributed by atoms with Crippen LogP contribution in [0.15, 0.2) is 22.7 Å². The van der Waals surface area contributed by atoms with Crippen LogP contribution in [0.1, 0.15) is 12.5 Å². The van der Waals surface area contributed by atoms with Crippen molar-refractivity contribution in [3.63, 3.8) is 0 Å². The van der Waals surface area contributed by atoms with Crippen molar-refractivity contribution in [1.29, 1.82) is 0 Å². The molecule has 0 bridgehead atoms. The average Bonchev–Trinajstić information content (AvgIpc) is 2.39. The fourth-order valence-corrected chi connectivity index (χ4v) is 2.94. The SMILES string of the molecule is Cc1cc(Br)ccc1NC(=O)CN(C)C(=O)C(C)C1CNC1.Cl. The predicted octanol–water partition coefficient (Wildman–Crippen LogP) is 2.43. The topological polar surface area (TPSA) is 61.4 Å². The van der Waals surface area contributed by atoms with Crippen LogP contribution in [0, 0.1) is 18.8 Å². The third-order valence-electron chi connectivity index (χ3n) is 4.13. The quantitative estimate of drug-likeness (QED) is 0.792. The molecular formula is C16H23BrClN3O2. The zero-order valence-corrected chi connectivity index (χ0v) is 16.0. The number of nitrogens with zero attached hydrogens (tertiary/aromatic N) is 1. The van der Waals surface area contributed by atoms with Crippen molar-refractivity contribution in [1.82, 2.24) is 10.2 Å². The van der Waals surface area contributed by atoms with Gasteiger partial charge in [0.1, 0.15) is 0 Å². The molecule has 1 aliphatic heterocycles. The van der Waals surface area contributed by atoms with E-state index in [4.69, 9.17) is 0 Å². The lowest BCUT2D eigenvalue weighted by Gasteiger charge is -2.33. The zero-order valence-electron chi connectivity index (χ0n) is 13.6. The highest BCUT2D eigenvalue weighted by Crippen LogP contribution is 2.20. The number of halogens is 2. The standard InChI is InChI=1S/C16H22BrN3O2.ClH/c1-10-6-13(17)4-5-14(10)19-15(21)9-20(3)16(22)11(2)12-7-18-8-12;/h4-6,11-12,18H,7-9H2,1-3H3,(H,19,21);1H. The number of nitrogens with one attached hydrogen (secondary N) is 2. The molecule has 1 saturated heterocycles. The van der Waals surface area contributed by atoms with Crippen LogP contribution in [-0.4, -0.2) is 43.4 Å². The van der Waals surface area contributed by atoms with Crippen LogP contribution in [0.2, 0.25) is 0 Å². The van der Waals surface area contributed by atoms with Crippen molar-refractivity contribution in [2.45, 2.75) is 13.8 Å². The van der Waals surface area contributed by atoms with Crippen molar-refractivity contribution in [3.05, 3.63) is 28.2 Å². The van der Waals surface area contributed by atoms with E-state index in [1.165, 1.54) is 4.90 Å². The van der Waals surface area contributed by atoms with E-state index in [0.717, 1.165) is 28.8 Å². The number of amides is 2. The number of hydrogen-bond donors (Lipinski definition) is 2. The average molecular weight is 405 g/mol. The van der Waals surface area contributed by atoms with Gasteiger partial charge in [0.05, 0.1) is 6.54 Å². The first-order valence-electron chi connectivity index (χ1n) is 7.40. The van der Waals surface area contributed by atoms with Gasteiger partial charge in [-0.1, -0.05) is 22.9 Å². The Morgan fingerprint density at radius 1 is 1.43 bits per heavy atom. The number of benzene rings is 1. The molecule has 2 amide bonds. The summed E-state index contributed by atoms with van der Waals surface area (Å²) in [6.07, 6.45) is 0. The Hall–Kier alpha value is -1.11. The maximum absolute atomic E-state index is 12.3. The van der Waals surface area contributed by atoms with Crippen molar-refractivity contribution in [2.75, 3.05) is 32.0 Å². The molecule has 1 unspecified atom stereocenters. The summed E-state index contributed by atoms with van der Waals surface area (Å²) in [5.74, 6) is 0.176. The number of carbonyl (C=O) groups is 2. The monoisotopic (exact) mass is 403 g/mol. The fraction of sp³-hybridized carbons (Fsp3) is 0.500. The number of aryl methyl sites for hydroxylation is 1. The molecule has 23 heavy (non-hydrogen) atoms. The molecule has 7 heteroatoms. The highest BCUT2D eigenvalue weighted by molar-refractivity contribution is 9.10. The summed E-state index contributed by atoms with van der Waals surface area (Å²) in [6, 6.07) is 5.67. The van der Waals surface area contributed by atoms with Crippen molar-refractivity contribution >= 4 is 45.8 Å². The molecule has 0 saturated carbocycles. The summed E-state index contributed by atoms with van der Waals surface area (Å²) in [7, 11) is 1.68. The molecule has 0 aliphatic carbocycles. The Morgan fingerprint density at radius 3 is 2.61 bits per heavy atom. The van der Waals surface area contributed by atoms with Crippen LogP contribution < -0.4 is 10.6 Å². The van der Waals surface area contributed by atoms with Crippen LogP contribution in [0.25, 0.3) is 0 Å². The van der Waals surface area contributed by atoms with Gasteiger partial charge in [-0.05, 0) is 49.7 Å². The second-order valence-electron chi connectivity index (χ2n) is 5.91. The number of likely N-dealkylation sites (N-methyl/N-ethyl adjacent to an activating group) is 1. The van der Waals surface area contributed by atoms with E-state index in [2.05, 4.69) is 26.6 Å². The van der Waals surface area contributed by atoms with Gasteiger partial charge < -0.3 is 15.5 Å². The lowest BCUT2D eigenvalue weighted by Crippen LogP contribution is -2.50. The number of hydrogen-bond acceptors (Lipinski definition) is 3. The molecule has 128 valence electrons. The smallest absolute Gasteiger partial charge is 0.243 e. The lowest BCUT2D eigenvalue weighted by molar-refractivity contribution is -0.138. The van der Waals surface area contributed by atoms with Crippen LogP contribution in [-0.2, 0) is 9.59 Å². The molecule has 0 aromatic heterocycles. The van der Waals surface area contributed by atoms with Gasteiger partial charge in [0.25, 0.3) is 0 Å². The van der Waals surface area contributed by atoms with E-state index in [0.29, 0.717) is 5.92 Å². The van der Waals surface area contributed by atoms with Gasteiger partial charge in [-0.3, -0.25) is 9.59 Å². The maximum Gasteiger partial charge on any atom is 0.243 e. The number of anilines is 1. The Balaban J connectivity index is 0.00000264. The lowest BCUT2D eigenvalue weighted by atomic mass is 9.88. The minimum atomic E-state index is -0.180. The van der Waals surface area contributed by atoms with Crippen LogP contribution in [0.3, 0.4) is 0 Å². The molecule has 0 radical (unpaired) electrons. The Labute approximate surface area is 151 Å². The molecule has 2 rings (SSSR count). The molecular weight excluding hydrogens is 382 g/mol. The van der Waals surface area contributed by atoms with Crippen molar-refractivity contribution in [3.8, 4) is 0 Å². The Kier molecular flexibility index (Phi) is 7.51. The van der Waals surface area contributed by atoms with Crippen LogP contribution >= 0.6 is 28.3 Å². The number of rotatable bonds is 5. The normalized spacial score (nSPS) is 15.1. The second kappa shape index (κ2) is 8.66. The predicted molar refractivity (Wildman–Crippen MR) is 97.9 cm³/mol. The van der Waals surface area contributed by atoms with E-state index in [1.54, 1.807) is 7.05 Å². The van der Waals surface area contributed by atoms with Gasteiger partial charge in [0.2, 0.25) is 11.8 Å². The molecule has 1 fully saturated rings. The minimum absolute atomic E-state index is 0. The summed E-state index contributed by atoms with van der Waals surface area (Å²) in [4.78, 5) is 25.9. The summed E-state index contributed by atoms with van der Waals surface area (Å²) < 4.78 is 0.971. The van der Waals surface area contributed by atoms with Crippen molar-refractivity contribution < 1.29 is 9.59 Å². The molecule has 1 atom stereocenters. The third-order valence-corrected chi connectivity index (χ3v) is 4.62. The Bertz CT molecular complexity index is 578. The van der Waals surface area contributed by atoms with Gasteiger partial charge in [-0.25, -0.2) is 0 Å². The molecule has 5 nitrogen and oxygen atoms in total. The van der Waals surface area contributed by atoms with E-state index in [9.17, 15) is 9.59 Å². The van der Waals surface area contributed by atoms with Gasteiger partial charge in [0.15, 0.2) is 0 Å². The summed E-state index contributed by atoms with van der Waals surface area (Å²) in [5.41, 5.74) is 1.75. The van der Waals surface area contributed by atoms with E-state index in [-0.39, 0.29) is 36.7 Å². The van der Waals surface area contributed by atoms with E-state index in [1.807, 2.05) is 32.0 Å². The zero-order chi connectivity index (χ0) is 16.3. The minimum Gasteiger partial charge on any atom is -0.336 e. The molecule has 1 aromatic rings. The highest BCUT2D eigenvalue weighted by Gasteiger charge is 2.30. The Morgan fingerprint density at radius 2 is 2.09 bits per heavy atom. The largest absolute Gasteiger partial charge is 0.336 e. The van der Waals surface area contributed by atoms with Crippen molar-refractivity contribution in [2.24, 2.45) is 11.8 Å². The summed E-state index contributed by atoms with van der Waals surface area (Å²) in [5, 5.41) is 6.02. The van der Waals surface area contributed by atoms with Gasteiger partial charge >= 0.3 is 0 Å². The number of carbonyl (C=O) groups excluding carboxylic acids is 2. The maximum atomic E-state index is 12.3. The third kappa shape index (κ3) is 5.19. The van der Waals surface area contributed by atoms with Crippen LogP contribution in [0.5, 0.6) is 0 Å². The molecule has 1 aromatic carbocycles. The summed E-state index contributed by atoms with van der Waals surface area (Å²) in [6.45, 7) is 5.69. The first-order valence-corrected chi connectivity index (χ1v) is 8.19. The fourth-order valence-electron chi connectivity index (χ4n) is 2.46.